The largest absolute Gasteiger partial charge is 0.462 e. The highest BCUT2D eigenvalue weighted by molar-refractivity contribution is 5.92. The first-order chi connectivity index (χ1) is 29.8. The highest BCUT2D eigenvalue weighted by Gasteiger charge is 2.61. The van der Waals surface area contributed by atoms with Gasteiger partial charge in [-0.2, -0.15) is 0 Å². The Kier molecular flexibility index (Phi) is 13.9. The van der Waals surface area contributed by atoms with Crippen molar-refractivity contribution < 1.29 is 33.4 Å². The first kappa shape index (κ1) is 46.0. The Morgan fingerprint density at radius 2 is 0.903 bits per heavy atom. The van der Waals surface area contributed by atoms with E-state index in [1.807, 2.05) is 18.9 Å². The molecule has 0 heterocycles. The molecule has 8 saturated carbocycles. The number of hydrogen-bond donors (Lipinski definition) is 0. The van der Waals surface area contributed by atoms with Crippen LogP contribution >= 0.6 is 0 Å². The summed E-state index contributed by atoms with van der Waals surface area (Å²) in [6, 6.07) is 0. The van der Waals surface area contributed by atoms with Crippen LogP contribution in [0, 0.1) is 69.0 Å². The van der Waals surface area contributed by atoms with E-state index in [-0.39, 0.29) is 45.8 Å². The van der Waals surface area contributed by atoms with E-state index >= 15 is 0 Å². The minimum Gasteiger partial charge on any atom is -0.462 e. The van der Waals surface area contributed by atoms with Crippen LogP contribution in [0.1, 0.15) is 207 Å². The molecule has 344 valence electrons. The molecule has 0 unspecified atom stereocenters. The number of hydrogen-bond acceptors (Lipinski definition) is 7. The fraction of sp³-hybridized carbons (Fsp3) is 0.836. The monoisotopic (exact) mass is 855 g/mol. The van der Waals surface area contributed by atoms with Crippen LogP contribution in [0.2, 0.25) is 0 Å². The molecule has 0 spiro atoms. The molecule has 12 atom stereocenters. The van der Waals surface area contributed by atoms with Crippen LogP contribution in [0.4, 0.5) is 0 Å². The van der Waals surface area contributed by atoms with Gasteiger partial charge in [-0.25, -0.2) is 0 Å². The van der Waals surface area contributed by atoms with Crippen molar-refractivity contribution in [2.24, 2.45) is 69.0 Å². The summed E-state index contributed by atoms with van der Waals surface area (Å²) in [5.41, 5.74) is 3.66. The summed E-state index contributed by atoms with van der Waals surface area (Å²) in [5.74, 6) is 6.56. The van der Waals surface area contributed by atoms with E-state index in [9.17, 15) is 19.2 Å². The molecule has 7 nitrogen and oxygen atoms in total. The highest BCUT2D eigenvalue weighted by Crippen LogP contribution is 2.67. The van der Waals surface area contributed by atoms with Crippen molar-refractivity contribution >= 4 is 30.3 Å². The predicted octanol–water partition coefficient (Wildman–Crippen LogP) is 12.6. The Hall–Kier alpha value is -2.57. The lowest BCUT2D eigenvalue weighted by molar-refractivity contribution is -0.161. The quantitative estimate of drug-likeness (QED) is 0.224. The first-order valence-electron chi connectivity index (χ1n) is 26.0. The molecule has 0 aliphatic heterocycles. The van der Waals surface area contributed by atoms with Crippen LogP contribution in [0.5, 0.6) is 0 Å². The zero-order valence-electron chi connectivity index (χ0n) is 39.3. The van der Waals surface area contributed by atoms with Gasteiger partial charge in [0.2, 0.25) is 0 Å². The van der Waals surface area contributed by atoms with Crippen LogP contribution < -0.4 is 0 Å². The third kappa shape index (κ3) is 8.65. The number of esters is 2. The average molecular weight is 855 g/mol. The number of fused-ring (bicyclic) bond motifs is 10. The van der Waals surface area contributed by atoms with Gasteiger partial charge < -0.3 is 14.3 Å². The molecule has 0 aromatic carbocycles. The Balaban J connectivity index is 0.000000164. The highest BCUT2D eigenvalue weighted by atomic mass is 16.5. The third-order valence-electron chi connectivity index (χ3n) is 20.8. The molecule has 10 rings (SSSR count). The molecule has 0 aromatic rings. The maximum Gasteiger partial charge on any atom is 0.306 e. The molecular formula is C55H82O7. The number of rotatable bonds is 8. The van der Waals surface area contributed by atoms with Gasteiger partial charge in [0.05, 0.1) is 0 Å². The average Bonchev–Trinajstić information content (AvgIpc) is 4.09. The smallest absolute Gasteiger partial charge is 0.306 e. The van der Waals surface area contributed by atoms with Crippen molar-refractivity contribution in [2.45, 2.75) is 220 Å². The fourth-order valence-corrected chi connectivity index (χ4v) is 17.1. The van der Waals surface area contributed by atoms with Gasteiger partial charge >= 0.3 is 11.9 Å². The number of ketones is 2. The Labute approximate surface area is 374 Å². The molecule has 0 radical (unpaired) electrons. The predicted molar refractivity (Wildman–Crippen MR) is 243 cm³/mol. The van der Waals surface area contributed by atoms with E-state index in [1.54, 1.807) is 0 Å². The van der Waals surface area contributed by atoms with Gasteiger partial charge in [0.1, 0.15) is 19.0 Å². The zero-order chi connectivity index (χ0) is 43.9. The third-order valence-corrected chi connectivity index (χ3v) is 20.8. The summed E-state index contributed by atoms with van der Waals surface area (Å²) in [6.07, 6.45) is 35.7. The van der Waals surface area contributed by atoms with E-state index in [0.29, 0.717) is 48.1 Å². The zero-order valence-corrected chi connectivity index (χ0v) is 39.3. The molecule has 0 N–H and O–H groups in total. The van der Waals surface area contributed by atoms with Gasteiger partial charge in [0.25, 0.3) is 0 Å². The lowest BCUT2D eigenvalue weighted by Gasteiger charge is -2.57. The summed E-state index contributed by atoms with van der Waals surface area (Å²) in [6.45, 7) is 11.7. The maximum absolute atomic E-state index is 12.7. The minimum absolute atomic E-state index is 0.0579. The minimum atomic E-state index is 0.0579. The Morgan fingerprint density at radius 3 is 1.29 bits per heavy atom. The second kappa shape index (κ2) is 18.7. The van der Waals surface area contributed by atoms with Crippen LogP contribution in [0.15, 0.2) is 23.3 Å². The lowest BCUT2D eigenvalue weighted by Crippen LogP contribution is -2.51. The Morgan fingerprint density at radius 1 is 0.516 bits per heavy atom. The van der Waals surface area contributed by atoms with E-state index in [2.05, 4.69) is 27.7 Å². The number of allylic oxidation sites excluding steroid dienone is 2. The van der Waals surface area contributed by atoms with Crippen LogP contribution in [-0.2, 0) is 33.4 Å². The van der Waals surface area contributed by atoms with Gasteiger partial charge in [-0.3, -0.25) is 19.2 Å². The summed E-state index contributed by atoms with van der Waals surface area (Å²) in [4.78, 5) is 57.4. The fourth-order valence-electron chi connectivity index (χ4n) is 17.1. The summed E-state index contributed by atoms with van der Waals surface area (Å²) in [5, 5.41) is 0. The normalized spacial score (nSPS) is 42.2. The van der Waals surface area contributed by atoms with Crippen molar-refractivity contribution in [2.75, 3.05) is 0 Å². The van der Waals surface area contributed by atoms with Crippen molar-refractivity contribution in [1.29, 1.82) is 0 Å². The van der Waals surface area contributed by atoms with Crippen molar-refractivity contribution in [3.05, 3.63) is 23.3 Å². The summed E-state index contributed by atoms with van der Waals surface area (Å²) >= 11 is 0. The maximum atomic E-state index is 12.7. The SMILES string of the molecule is C=O.C[C@]12CC[C@H]3[C@@H](CCC4=CC(=O)CC[C@@]43C)[C@@H]1CC[C@@H]2OC(=O)CCC1CCCC1.C[C@]12CC[C@H]3[C@@H](CCC4=CC(=O)CC[C@@]43C)[C@@H]1CC[C@@H]2OC(=O)CCC1CCCC1. The molecule has 0 amide bonds. The van der Waals surface area contributed by atoms with Crippen molar-refractivity contribution in [3.63, 3.8) is 0 Å². The van der Waals surface area contributed by atoms with Crippen LogP contribution in [-0.4, -0.2) is 42.5 Å². The molecule has 0 aromatic heterocycles. The van der Waals surface area contributed by atoms with Crippen LogP contribution in [0.3, 0.4) is 0 Å². The second-order valence-corrected chi connectivity index (χ2v) is 23.5. The van der Waals surface area contributed by atoms with Gasteiger partial charge in [-0.1, -0.05) is 90.2 Å². The lowest BCUT2D eigenvalue weighted by atomic mass is 9.47. The molecule has 62 heavy (non-hydrogen) atoms. The van der Waals surface area contributed by atoms with E-state index in [1.165, 1.54) is 114 Å². The first-order valence-corrected chi connectivity index (χ1v) is 26.0. The molecule has 0 bridgehead atoms. The Bertz CT molecular complexity index is 1610. The van der Waals surface area contributed by atoms with E-state index < -0.39 is 0 Å². The second-order valence-electron chi connectivity index (χ2n) is 23.5. The van der Waals surface area contributed by atoms with E-state index in [0.717, 1.165) is 87.9 Å². The van der Waals surface area contributed by atoms with Gasteiger partial charge in [-0.05, 0) is 173 Å². The van der Waals surface area contributed by atoms with Gasteiger partial charge in [0, 0.05) is 36.5 Å². The molecule has 10 aliphatic rings. The van der Waals surface area contributed by atoms with Crippen molar-refractivity contribution in [3.8, 4) is 0 Å². The topological polar surface area (TPSA) is 104 Å². The molecule has 0 saturated heterocycles. The number of carbonyl (C=O) groups excluding carboxylic acids is 5. The number of ether oxygens (including phenoxy) is 2. The van der Waals surface area contributed by atoms with Crippen molar-refractivity contribution in [1.82, 2.24) is 0 Å². The molecule has 7 heteroatoms. The van der Waals surface area contributed by atoms with Gasteiger partial charge in [-0.15, -0.1) is 0 Å². The van der Waals surface area contributed by atoms with Crippen LogP contribution in [0.25, 0.3) is 0 Å². The summed E-state index contributed by atoms with van der Waals surface area (Å²) < 4.78 is 12.3. The molecular weight excluding hydrogens is 773 g/mol. The van der Waals surface area contributed by atoms with E-state index in [4.69, 9.17) is 14.3 Å². The molecule has 10 aliphatic carbocycles. The van der Waals surface area contributed by atoms with Gasteiger partial charge in [0.15, 0.2) is 11.6 Å². The summed E-state index contributed by atoms with van der Waals surface area (Å²) in [7, 11) is 0. The molecule has 8 fully saturated rings. The standard InChI is InChI=1S/2C27H40O3.CH2O/c2*1-26-15-13-20(28)17-19(26)8-9-21-22-10-11-24(27(22,2)16-14-23(21)26)30-25(29)12-7-18-5-3-4-6-18;1-2/h2*17-18,21-24H,3-16H2,1-2H3;1H2/t2*21-,22-,23-,24-,26-,27-;/m00./s1. The number of carbonyl (C=O) groups is 5.